The summed E-state index contributed by atoms with van der Waals surface area (Å²) in [5, 5.41) is 0. The number of nitrogens with zero attached hydrogens (tertiary/aromatic N) is 1. The van der Waals surface area contributed by atoms with Crippen LogP contribution in [0.2, 0.25) is 0 Å². The first-order chi connectivity index (χ1) is 4.85. The van der Waals surface area contributed by atoms with Crippen molar-refractivity contribution in [3.8, 4) is 0 Å². The molecule has 0 radical (unpaired) electrons. The molecule has 0 atom stereocenters. The molecule has 2 nitrogen and oxygen atoms in total. The lowest BCUT2D eigenvalue weighted by Crippen LogP contribution is -2.15. The van der Waals surface area contributed by atoms with Crippen molar-refractivity contribution < 1.29 is 4.79 Å². The highest BCUT2D eigenvalue weighted by Crippen LogP contribution is 2.02. The maximum absolute atomic E-state index is 9.93. The van der Waals surface area contributed by atoms with Crippen LogP contribution in [0.5, 0.6) is 0 Å². The van der Waals surface area contributed by atoms with Gasteiger partial charge in [-0.1, -0.05) is 20.3 Å². The van der Waals surface area contributed by atoms with Crippen LogP contribution in [0.15, 0.2) is 0 Å². The maximum Gasteiger partial charge on any atom is 0.209 e. The van der Waals surface area contributed by atoms with Gasteiger partial charge < -0.3 is 4.90 Å². The predicted octanol–water partition coefficient (Wildman–Crippen LogP) is 1.65. The lowest BCUT2D eigenvalue weighted by atomic mass is 10.4. The summed E-state index contributed by atoms with van der Waals surface area (Å²) in [7, 11) is 0. The van der Waals surface area contributed by atoms with Gasteiger partial charge in [-0.05, 0) is 12.8 Å². The summed E-state index contributed by atoms with van der Waals surface area (Å²) in [5.41, 5.74) is 0. The molecule has 0 spiro atoms. The minimum absolute atomic E-state index is 0.924. The molecule has 0 aliphatic carbocycles. The van der Waals surface area contributed by atoms with Crippen LogP contribution in [-0.4, -0.2) is 24.4 Å². The van der Waals surface area contributed by atoms with Crippen LogP contribution in [-0.2, 0) is 4.79 Å². The molecule has 0 aromatic rings. The zero-order chi connectivity index (χ0) is 7.82. The lowest BCUT2D eigenvalue weighted by Gasteiger charge is -2.03. The molecule has 1 amide bonds. The third kappa shape index (κ3) is 4.36. The Morgan fingerprint density at radius 3 is 1.90 bits per heavy atom. The topological polar surface area (TPSA) is 20.3 Å². The van der Waals surface area contributed by atoms with Crippen LogP contribution in [0.4, 0.5) is 0 Å². The van der Waals surface area contributed by atoms with Crippen molar-refractivity contribution in [1.29, 1.82) is 0 Å². The molecule has 0 bridgehead atoms. The maximum atomic E-state index is 9.93. The molecule has 1 fully saturated rings. The quantitative estimate of drug-likeness (QED) is 0.511. The molecule has 0 unspecified atom stereocenters. The monoisotopic (exact) mass is 143 g/mol. The number of likely N-dealkylation sites (tertiary alicyclic amines) is 1. The average Bonchev–Trinajstić information content (AvgIpc) is 2.39. The van der Waals surface area contributed by atoms with Crippen LogP contribution in [0.3, 0.4) is 0 Å². The van der Waals surface area contributed by atoms with Crippen molar-refractivity contribution in [2.75, 3.05) is 13.1 Å². The fourth-order valence-electron chi connectivity index (χ4n) is 0.847. The summed E-state index contributed by atoms with van der Waals surface area (Å²) in [5.74, 6) is 0. The van der Waals surface area contributed by atoms with E-state index < -0.39 is 0 Å². The fraction of sp³-hybridized carbons (Fsp3) is 0.875. The first kappa shape index (κ1) is 9.47. The standard InChI is InChI=1S/C5H9NO.C3H8/c7-5-6-3-1-2-4-6;1-3-2/h5H,1-4H2;3H2,1-2H3. The highest BCUT2D eigenvalue weighted by molar-refractivity contribution is 5.47. The van der Waals surface area contributed by atoms with Crippen LogP contribution in [0.1, 0.15) is 33.1 Å². The van der Waals surface area contributed by atoms with Crippen molar-refractivity contribution in [2.45, 2.75) is 33.1 Å². The Morgan fingerprint density at radius 2 is 1.70 bits per heavy atom. The van der Waals surface area contributed by atoms with Crippen molar-refractivity contribution in [3.63, 3.8) is 0 Å². The number of amides is 1. The van der Waals surface area contributed by atoms with Gasteiger partial charge in [0.1, 0.15) is 0 Å². The van der Waals surface area contributed by atoms with E-state index in [1.807, 2.05) is 0 Å². The second-order valence-corrected chi connectivity index (χ2v) is 2.56. The molecule has 1 rings (SSSR count). The highest BCUT2D eigenvalue weighted by Gasteiger charge is 2.06. The Labute approximate surface area is 63.2 Å². The summed E-state index contributed by atoms with van der Waals surface area (Å²) < 4.78 is 0. The van der Waals surface area contributed by atoms with Crippen molar-refractivity contribution in [3.05, 3.63) is 0 Å². The van der Waals surface area contributed by atoms with Crippen molar-refractivity contribution in [2.24, 2.45) is 0 Å². The molecule has 1 aliphatic heterocycles. The van der Waals surface area contributed by atoms with E-state index >= 15 is 0 Å². The number of hydrogen-bond donors (Lipinski definition) is 0. The largest absolute Gasteiger partial charge is 0.345 e. The Morgan fingerprint density at radius 1 is 1.30 bits per heavy atom. The molecule has 1 saturated heterocycles. The lowest BCUT2D eigenvalue weighted by molar-refractivity contribution is -0.117. The van der Waals surface area contributed by atoms with Crippen LogP contribution >= 0.6 is 0 Å². The molecule has 2 heteroatoms. The molecule has 0 N–H and O–H groups in total. The number of carbonyl (C=O) groups excluding carboxylic acids is 1. The average molecular weight is 143 g/mol. The molecule has 1 heterocycles. The highest BCUT2D eigenvalue weighted by atomic mass is 16.1. The first-order valence-corrected chi connectivity index (χ1v) is 4.04. The van der Waals surface area contributed by atoms with E-state index in [2.05, 4.69) is 13.8 Å². The fourth-order valence-corrected chi connectivity index (χ4v) is 0.847. The van der Waals surface area contributed by atoms with Crippen LogP contribution in [0, 0.1) is 0 Å². The van der Waals surface area contributed by atoms with Crippen LogP contribution in [0.25, 0.3) is 0 Å². The van der Waals surface area contributed by atoms with Gasteiger partial charge in [0.2, 0.25) is 6.41 Å². The van der Waals surface area contributed by atoms with E-state index in [1.165, 1.54) is 19.3 Å². The third-order valence-electron chi connectivity index (χ3n) is 1.29. The molecular formula is C8H17NO. The van der Waals surface area contributed by atoms with Crippen molar-refractivity contribution >= 4 is 6.41 Å². The summed E-state index contributed by atoms with van der Waals surface area (Å²) in [6.45, 7) is 6.20. The predicted molar refractivity (Wildman–Crippen MR) is 42.8 cm³/mol. The molecule has 10 heavy (non-hydrogen) atoms. The van der Waals surface area contributed by atoms with Crippen molar-refractivity contribution in [1.82, 2.24) is 4.90 Å². The van der Waals surface area contributed by atoms with E-state index in [4.69, 9.17) is 0 Å². The van der Waals surface area contributed by atoms with Gasteiger partial charge in [0.15, 0.2) is 0 Å². The van der Waals surface area contributed by atoms with Gasteiger partial charge in [-0.2, -0.15) is 0 Å². The summed E-state index contributed by atoms with van der Waals surface area (Å²) >= 11 is 0. The molecule has 1 aliphatic rings. The van der Waals surface area contributed by atoms with E-state index in [-0.39, 0.29) is 0 Å². The normalized spacial score (nSPS) is 16.0. The van der Waals surface area contributed by atoms with Gasteiger partial charge in [0, 0.05) is 13.1 Å². The zero-order valence-electron chi connectivity index (χ0n) is 6.97. The van der Waals surface area contributed by atoms with Crippen LogP contribution < -0.4 is 0 Å². The summed E-state index contributed by atoms with van der Waals surface area (Å²) in [6, 6.07) is 0. The van der Waals surface area contributed by atoms with E-state index in [0.29, 0.717) is 0 Å². The summed E-state index contributed by atoms with van der Waals surface area (Å²) in [4.78, 5) is 11.7. The summed E-state index contributed by atoms with van der Waals surface area (Å²) in [6.07, 6.45) is 4.56. The zero-order valence-corrected chi connectivity index (χ0v) is 6.97. The van der Waals surface area contributed by atoms with Gasteiger partial charge in [-0.15, -0.1) is 0 Å². The molecule has 60 valence electrons. The van der Waals surface area contributed by atoms with E-state index in [9.17, 15) is 4.79 Å². The number of rotatable bonds is 1. The molecular weight excluding hydrogens is 126 g/mol. The Bertz CT molecular complexity index is 77.3. The number of hydrogen-bond acceptors (Lipinski definition) is 1. The second-order valence-electron chi connectivity index (χ2n) is 2.56. The Balaban J connectivity index is 0.000000236. The second kappa shape index (κ2) is 6.59. The van der Waals surface area contributed by atoms with E-state index in [1.54, 1.807) is 4.90 Å². The Hall–Kier alpha value is -0.530. The third-order valence-corrected chi connectivity index (χ3v) is 1.29. The molecule has 0 aromatic carbocycles. The van der Waals surface area contributed by atoms with Gasteiger partial charge >= 0.3 is 0 Å². The minimum Gasteiger partial charge on any atom is -0.345 e. The molecule has 0 aromatic heterocycles. The van der Waals surface area contributed by atoms with Gasteiger partial charge in [-0.3, -0.25) is 4.79 Å². The van der Waals surface area contributed by atoms with E-state index in [0.717, 1.165) is 19.5 Å². The van der Waals surface area contributed by atoms with Gasteiger partial charge in [-0.25, -0.2) is 0 Å². The van der Waals surface area contributed by atoms with Gasteiger partial charge in [0.05, 0.1) is 0 Å². The van der Waals surface area contributed by atoms with Gasteiger partial charge in [0.25, 0.3) is 0 Å². The number of carbonyl (C=O) groups is 1. The first-order valence-electron chi connectivity index (χ1n) is 4.04. The smallest absolute Gasteiger partial charge is 0.209 e. The Kier molecular flexibility index (Phi) is 6.24. The molecule has 0 saturated carbocycles. The SMILES string of the molecule is CCC.O=CN1CCCC1. The minimum atomic E-state index is 0.924.